The van der Waals surface area contributed by atoms with Crippen molar-refractivity contribution in [1.82, 2.24) is 0 Å². The fraction of sp³-hybridized carbons (Fsp3) is 0.133. The zero-order valence-corrected chi connectivity index (χ0v) is 10.3. The third-order valence-corrected chi connectivity index (χ3v) is 2.60. The van der Waals surface area contributed by atoms with Crippen LogP contribution in [0.5, 0.6) is 5.75 Å². The lowest BCUT2D eigenvalue weighted by atomic mass is 10.1. The zero-order valence-electron chi connectivity index (χ0n) is 10.3. The van der Waals surface area contributed by atoms with E-state index >= 15 is 0 Å². The summed E-state index contributed by atoms with van der Waals surface area (Å²) in [4.78, 5) is 15.9. The van der Waals surface area contributed by atoms with Crippen molar-refractivity contribution in [2.45, 2.75) is 6.42 Å². The number of hydrogen-bond acceptors (Lipinski definition) is 4. The Labute approximate surface area is 111 Å². The topological polar surface area (TPSA) is 55.8 Å². The summed E-state index contributed by atoms with van der Waals surface area (Å²) in [6.45, 7) is 0.204. The molecule has 0 aliphatic carbocycles. The average molecular weight is 258 g/mol. The van der Waals surface area contributed by atoms with Gasteiger partial charge < -0.3 is 4.74 Å². The van der Waals surface area contributed by atoms with E-state index in [0.29, 0.717) is 17.7 Å². The minimum Gasteiger partial charge on any atom is -0.423 e. The van der Waals surface area contributed by atoms with E-state index in [2.05, 4.69) is 4.89 Å². The molecule has 1 N–H and O–H groups in total. The molecule has 0 aromatic heterocycles. The molecule has 0 aliphatic heterocycles. The Hall–Kier alpha value is -2.17. The van der Waals surface area contributed by atoms with Crippen LogP contribution in [0.3, 0.4) is 0 Å². The molecule has 2 rings (SSSR count). The van der Waals surface area contributed by atoms with Crippen LogP contribution in [0.1, 0.15) is 15.9 Å². The molecule has 0 aliphatic rings. The van der Waals surface area contributed by atoms with E-state index in [1.54, 1.807) is 42.5 Å². The predicted octanol–water partition coefficient (Wildman–Crippen LogP) is 2.94. The molecular weight excluding hydrogens is 244 g/mol. The summed E-state index contributed by atoms with van der Waals surface area (Å²) in [6, 6.07) is 15.9. The Morgan fingerprint density at radius 3 is 2.58 bits per heavy atom. The van der Waals surface area contributed by atoms with Crippen LogP contribution in [-0.4, -0.2) is 17.8 Å². The van der Waals surface area contributed by atoms with Crippen molar-refractivity contribution in [3.8, 4) is 5.75 Å². The van der Waals surface area contributed by atoms with E-state index in [1.807, 2.05) is 12.1 Å². The molecule has 0 spiro atoms. The summed E-state index contributed by atoms with van der Waals surface area (Å²) in [5.41, 5.74) is 1.43. The van der Waals surface area contributed by atoms with Gasteiger partial charge in [0.2, 0.25) is 0 Å². The van der Waals surface area contributed by atoms with Crippen LogP contribution in [-0.2, 0) is 11.3 Å². The second kappa shape index (κ2) is 6.68. The maximum atomic E-state index is 11.9. The average Bonchev–Trinajstić information content (AvgIpc) is 2.46. The Morgan fingerprint density at radius 2 is 1.84 bits per heavy atom. The van der Waals surface area contributed by atoms with Crippen molar-refractivity contribution in [2.75, 3.05) is 6.61 Å². The Balaban J connectivity index is 2.05. The van der Waals surface area contributed by atoms with E-state index in [9.17, 15) is 4.79 Å². The molecule has 0 bridgehead atoms. The maximum Gasteiger partial charge on any atom is 0.343 e. The molecule has 2 aromatic rings. The summed E-state index contributed by atoms with van der Waals surface area (Å²) in [5, 5.41) is 8.31. The van der Waals surface area contributed by atoms with Crippen LogP contribution in [0.25, 0.3) is 0 Å². The minimum atomic E-state index is -0.392. The lowest BCUT2D eigenvalue weighted by Crippen LogP contribution is -2.08. The van der Waals surface area contributed by atoms with Gasteiger partial charge in [-0.3, -0.25) is 5.26 Å². The highest BCUT2D eigenvalue weighted by atomic mass is 17.1. The van der Waals surface area contributed by atoms with E-state index in [-0.39, 0.29) is 6.61 Å². The fourth-order valence-electron chi connectivity index (χ4n) is 1.67. The lowest BCUT2D eigenvalue weighted by Gasteiger charge is -2.06. The van der Waals surface area contributed by atoms with Crippen molar-refractivity contribution in [1.29, 1.82) is 0 Å². The molecule has 0 atom stereocenters. The number of rotatable bonds is 5. The molecule has 4 heteroatoms. The monoisotopic (exact) mass is 258 g/mol. The van der Waals surface area contributed by atoms with Crippen LogP contribution in [0.2, 0.25) is 0 Å². The van der Waals surface area contributed by atoms with Gasteiger partial charge in [0.05, 0.1) is 12.2 Å². The van der Waals surface area contributed by atoms with Gasteiger partial charge in [-0.2, -0.15) is 0 Å². The molecule has 0 unspecified atom stereocenters. The second-order valence-electron chi connectivity index (χ2n) is 3.99. The molecule has 98 valence electrons. The van der Waals surface area contributed by atoms with Crippen molar-refractivity contribution < 1.29 is 19.7 Å². The molecule has 0 saturated carbocycles. The highest BCUT2D eigenvalue weighted by molar-refractivity contribution is 5.90. The van der Waals surface area contributed by atoms with Crippen LogP contribution >= 0.6 is 0 Å². The number of hydrogen-bond donors (Lipinski definition) is 1. The molecule has 0 amide bonds. The summed E-state index contributed by atoms with van der Waals surface area (Å²) >= 11 is 0. The van der Waals surface area contributed by atoms with Gasteiger partial charge in [-0.15, -0.1) is 0 Å². The van der Waals surface area contributed by atoms with E-state index in [4.69, 9.17) is 9.99 Å². The van der Waals surface area contributed by atoms with Crippen LogP contribution < -0.4 is 4.74 Å². The molecule has 0 saturated heterocycles. The first-order chi connectivity index (χ1) is 9.29. The predicted molar refractivity (Wildman–Crippen MR) is 70.1 cm³/mol. The quantitative estimate of drug-likeness (QED) is 0.388. The largest absolute Gasteiger partial charge is 0.423 e. The van der Waals surface area contributed by atoms with Crippen LogP contribution in [0, 0.1) is 0 Å². The van der Waals surface area contributed by atoms with Crippen LogP contribution in [0.4, 0.5) is 0 Å². The first kappa shape index (κ1) is 13.3. The van der Waals surface area contributed by atoms with Crippen molar-refractivity contribution in [3.05, 3.63) is 65.7 Å². The number of carbonyl (C=O) groups excluding carboxylic acids is 1. The lowest BCUT2D eigenvalue weighted by molar-refractivity contribution is -0.241. The molecule has 0 fully saturated rings. The first-order valence-corrected chi connectivity index (χ1v) is 5.92. The van der Waals surface area contributed by atoms with Gasteiger partial charge in [0, 0.05) is 0 Å². The SMILES string of the molecule is O=C(Oc1cccc(CCOO)c1)c1ccccc1. The van der Waals surface area contributed by atoms with Crippen molar-refractivity contribution in [2.24, 2.45) is 0 Å². The molecule has 0 radical (unpaired) electrons. The van der Waals surface area contributed by atoms with E-state index < -0.39 is 5.97 Å². The summed E-state index contributed by atoms with van der Waals surface area (Å²) in [7, 11) is 0. The van der Waals surface area contributed by atoms with Crippen LogP contribution in [0.15, 0.2) is 54.6 Å². The van der Waals surface area contributed by atoms with E-state index in [0.717, 1.165) is 5.56 Å². The fourth-order valence-corrected chi connectivity index (χ4v) is 1.67. The molecule has 4 nitrogen and oxygen atoms in total. The minimum absolute atomic E-state index is 0.204. The standard InChI is InChI=1S/C15H14O4/c16-15(13-6-2-1-3-7-13)19-14-8-4-5-12(11-14)9-10-18-17/h1-8,11,17H,9-10H2. The summed E-state index contributed by atoms with van der Waals surface area (Å²) in [5.74, 6) is 0.0838. The highest BCUT2D eigenvalue weighted by Gasteiger charge is 2.07. The van der Waals surface area contributed by atoms with Crippen molar-refractivity contribution >= 4 is 5.97 Å². The van der Waals surface area contributed by atoms with Crippen molar-refractivity contribution in [3.63, 3.8) is 0 Å². The highest BCUT2D eigenvalue weighted by Crippen LogP contribution is 2.15. The maximum absolute atomic E-state index is 11.9. The number of ether oxygens (including phenoxy) is 1. The normalized spacial score (nSPS) is 10.2. The molecular formula is C15H14O4. The Bertz CT molecular complexity index is 537. The van der Waals surface area contributed by atoms with Gasteiger partial charge in [0.15, 0.2) is 0 Å². The van der Waals surface area contributed by atoms with Gasteiger partial charge in [0.1, 0.15) is 5.75 Å². The van der Waals surface area contributed by atoms with Gasteiger partial charge in [-0.05, 0) is 36.2 Å². The van der Waals surface area contributed by atoms with Gasteiger partial charge >= 0.3 is 5.97 Å². The number of benzene rings is 2. The second-order valence-corrected chi connectivity index (χ2v) is 3.99. The molecule has 19 heavy (non-hydrogen) atoms. The first-order valence-electron chi connectivity index (χ1n) is 5.92. The third kappa shape index (κ3) is 3.91. The van der Waals surface area contributed by atoms with Gasteiger partial charge in [0.25, 0.3) is 0 Å². The summed E-state index contributed by atoms with van der Waals surface area (Å²) in [6.07, 6.45) is 0.549. The molecule has 2 aromatic carbocycles. The van der Waals surface area contributed by atoms with E-state index in [1.165, 1.54) is 0 Å². The molecule has 0 heterocycles. The van der Waals surface area contributed by atoms with Gasteiger partial charge in [-0.25, -0.2) is 9.68 Å². The Morgan fingerprint density at radius 1 is 1.05 bits per heavy atom. The third-order valence-electron chi connectivity index (χ3n) is 2.60. The number of carbonyl (C=O) groups is 1. The Kier molecular flexibility index (Phi) is 4.66. The van der Waals surface area contributed by atoms with Gasteiger partial charge in [-0.1, -0.05) is 30.3 Å². The number of esters is 1. The smallest absolute Gasteiger partial charge is 0.343 e. The summed E-state index contributed by atoms with van der Waals surface area (Å²) < 4.78 is 5.28. The zero-order chi connectivity index (χ0) is 13.5.